The van der Waals surface area contributed by atoms with Gasteiger partial charge in [-0.1, -0.05) is 20.3 Å². The van der Waals surface area contributed by atoms with Crippen LogP contribution in [0.4, 0.5) is 10.1 Å². The van der Waals surface area contributed by atoms with Gasteiger partial charge in [0.05, 0.1) is 0 Å². The quantitative estimate of drug-likeness (QED) is 0.782. The highest BCUT2D eigenvalue weighted by molar-refractivity contribution is 7.89. The Bertz CT molecular complexity index is 503. The predicted molar refractivity (Wildman–Crippen MR) is 70.1 cm³/mol. The Morgan fingerprint density at radius 1 is 1.39 bits per heavy atom. The van der Waals surface area contributed by atoms with Crippen LogP contribution >= 0.6 is 0 Å². The summed E-state index contributed by atoms with van der Waals surface area (Å²) in [7, 11) is -3.82. The third-order valence-corrected chi connectivity index (χ3v) is 4.25. The maximum absolute atomic E-state index is 13.6. The van der Waals surface area contributed by atoms with Crippen LogP contribution in [0.3, 0.4) is 0 Å². The van der Waals surface area contributed by atoms with Gasteiger partial charge < -0.3 is 5.73 Å². The summed E-state index contributed by atoms with van der Waals surface area (Å²) in [5, 5.41) is 0. The normalized spacial score (nSPS) is 13.5. The molecule has 102 valence electrons. The molecule has 1 unspecified atom stereocenters. The lowest BCUT2D eigenvalue weighted by atomic mass is 10.1. The van der Waals surface area contributed by atoms with E-state index in [1.165, 1.54) is 12.1 Å². The molecule has 1 rings (SSSR count). The average molecular weight is 274 g/mol. The van der Waals surface area contributed by atoms with Crippen molar-refractivity contribution >= 4 is 15.7 Å². The van der Waals surface area contributed by atoms with Gasteiger partial charge in [-0.25, -0.2) is 17.5 Å². The molecule has 0 aliphatic rings. The van der Waals surface area contributed by atoms with Crippen LogP contribution in [0.25, 0.3) is 0 Å². The number of nitrogens with two attached hydrogens (primary N) is 1. The van der Waals surface area contributed by atoms with E-state index in [-0.39, 0.29) is 16.6 Å². The number of rotatable bonds is 6. The molecule has 0 fully saturated rings. The van der Waals surface area contributed by atoms with Crippen molar-refractivity contribution in [1.29, 1.82) is 0 Å². The molecule has 0 spiro atoms. The molecule has 0 heterocycles. The van der Waals surface area contributed by atoms with E-state index >= 15 is 0 Å². The summed E-state index contributed by atoms with van der Waals surface area (Å²) in [6.45, 7) is 3.86. The van der Waals surface area contributed by atoms with Crippen molar-refractivity contribution in [2.45, 2.75) is 44.0 Å². The lowest BCUT2D eigenvalue weighted by Crippen LogP contribution is -2.34. The van der Waals surface area contributed by atoms with Crippen molar-refractivity contribution in [2.24, 2.45) is 0 Å². The molecule has 0 aliphatic heterocycles. The van der Waals surface area contributed by atoms with E-state index in [1.807, 2.05) is 13.8 Å². The fraction of sp³-hybridized carbons (Fsp3) is 0.500. The smallest absolute Gasteiger partial charge is 0.243 e. The summed E-state index contributed by atoms with van der Waals surface area (Å²) in [6, 6.07) is 3.40. The van der Waals surface area contributed by atoms with Crippen LogP contribution in [-0.2, 0) is 10.0 Å². The Morgan fingerprint density at radius 2 is 2.06 bits per heavy atom. The van der Waals surface area contributed by atoms with Crippen LogP contribution in [0.15, 0.2) is 23.1 Å². The lowest BCUT2D eigenvalue weighted by Gasteiger charge is -2.16. The minimum atomic E-state index is -3.82. The van der Waals surface area contributed by atoms with Crippen molar-refractivity contribution in [1.82, 2.24) is 4.72 Å². The van der Waals surface area contributed by atoms with Gasteiger partial charge in [0, 0.05) is 11.7 Å². The van der Waals surface area contributed by atoms with E-state index < -0.39 is 15.8 Å². The Labute approximate surface area is 107 Å². The Morgan fingerprint density at radius 3 is 2.56 bits per heavy atom. The molecule has 1 aromatic carbocycles. The topological polar surface area (TPSA) is 72.2 Å². The van der Waals surface area contributed by atoms with Crippen molar-refractivity contribution in [3.8, 4) is 0 Å². The fourth-order valence-corrected chi connectivity index (χ4v) is 3.13. The Hall–Kier alpha value is -1.14. The van der Waals surface area contributed by atoms with Crippen molar-refractivity contribution < 1.29 is 12.8 Å². The van der Waals surface area contributed by atoms with Crippen LogP contribution in [-0.4, -0.2) is 14.5 Å². The molecular weight excluding hydrogens is 255 g/mol. The van der Waals surface area contributed by atoms with Gasteiger partial charge >= 0.3 is 0 Å². The number of sulfonamides is 1. The molecular formula is C12H19FN2O2S. The van der Waals surface area contributed by atoms with Crippen LogP contribution in [0.5, 0.6) is 0 Å². The fourth-order valence-electron chi connectivity index (χ4n) is 1.71. The first-order valence-electron chi connectivity index (χ1n) is 5.98. The average Bonchev–Trinajstić information content (AvgIpc) is 2.27. The summed E-state index contributed by atoms with van der Waals surface area (Å²) in [4.78, 5) is -0.355. The number of nitrogen functional groups attached to an aromatic ring is 1. The van der Waals surface area contributed by atoms with Gasteiger partial charge in [-0.05, 0) is 31.0 Å². The van der Waals surface area contributed by atoms with Gasteiger partial charge in [0.2, 0.25) is 10.0 Å². The third-order valence-electron chi connectivity index (χ3n) is 2.70. The molecule has 0 aliphatic carbocycles. The van der Waals surface area contributed by atoms with E-state index in [2.05, 4.69) is 4.72 Å². The molecule has 0 radical (unpaired) electrons. The SMILES string of the molecule is CCCC(CC)NS(=O)(=O)c1ccc(N)cc1F. The monoisotopic (exact) mass is 274 g/mol. The van der Waals surface area contributed by atoms with Gasteiger partial charge in [-0.3, -0.25) is 0 Å². The predicted octanol–water partition coefficient (Wildman–Crippen LogP) is 2.26. The van der Waals surface area contributed by atoms with Gasteiger partial charge in [0.15, 0.2) is 0 Å². The largest absolute Gasteiger partial charge is 0.399 e. The van der Waals surface area contributed by atoms with Crippen molar-refractivity contribution in [3.63, 3.8) is 0 Å². The van der Waals surface area contributed by atoms with E-state index in [1.54, 1.807) is 0 Å². The van der Waals surface area contributed by atoms with Gasteiger partial charge in [0.1, 0.15) is 10.7 Å². The molecule has 18 heavy (non-hydrogen) atoms. The summed E-state index contributed by atoms with van der Waals surface area (Å²) >= 11 is 0. The molecule has 4 nitrogen and oxygen atoms in total. The second-order valence-corrected chi connectivity index (χ2v) is 5.89. The number of anilines is 1. The maximum Gasteiger partial charge on any atom is 0.243 e. The van der Waals surface area contributed by atoms with Gasteiger partial charge in [-0.2, -0.15) is 0 Å². The zero-order valence-electron chi connectivity index (χ0n) is 10.6. The molecule has 0 bridgehead atoms. The first-order valence-corrected chi connectivity index (χ1v) is 7.46. The lowest BCUT2D eigenvalue weighted by molar-refractivity contribution is 0.506. The first kappa shape index (κ1) is 14.9. The Kier molecular flexibility index (Phi) is 5.10. The molecule has 0 aromatic heterocycles. The van der Waals surface area contributed by atoms with Crippen LogP contribution in [0.2, 0.25) is 0 Å². The first-order chi connectivity index (χ1) is 8.40. The van der Waals surface area contributed by atoms with Crippen molar-refractivity contribution in [3.05, 3.63) is 24.0 Å². The van der Waals surface area contributed by atoms with Crippen LogP contribution < -0.4 is 10.5 Å². The standard InChI is InChI=1S/C12H19FN2O2S/c1-3-5-10(4-2)15-18(16,17)12-7-6-9(14)8-11(12)13/h6-8,10,15H,3-5,14H2,1-2H3. The second-order valence-electron chi connectivity index (χ2n) is 4.20. The van der Waals surface area contributed by atoms with E-state index in [9.17, 15) is 12.8 Å². The van der Waals surface area contributed by atoms with Gasteiger partial charge in [-0.15, -0.1) is 0 Å². The number of halogens is 1. The summed E-state index contributed by atoms with van der Waals surface area (Å²) in [5.41, 5.74) is 5.59. The molecule has 0 saturated heterocycles. The number of nitrogens with one attached hydrogen (secondary N) is 1. The number of benzene rings is 1. The minimum Gasteiger partial charge on any atom is -0.399 e. The molecule has 0 amide bonds. The summed E-state index contributed by atoms with van der Waals surface area (Å²) in [6.07, 6.45) is 2.27. The number of hydrogen-bond acceptors (Lipinski definition) is 3. The maximum atomic E-state index is 13.6. The van der Waals surface area contributed by atoms with E-state index in [0.717, 1.165) is 18.9 Å². The highest BCUT2D eigenvalue weighted by Gasteiger charge is 2.22. The molecule has 1 aromatic rings. The minimum absolute atomic E-state index is 0.169. The summed E-state index contributed by atoms with van der Waals surface area (Å²) < 4.78 is 40.1. The van der Waals surface area contributed by atoms with Crippen molar-refractivity contribution in [2.75, 3.05) is 5.73 Å². The molecule has 0 saturated carbocycles. The molecule has 6 heteroatoms. The van der Waals surface area contributed by atoms with E-state index in [0.29, 0.717) is 6.42 Å². The third kappa shape index (κ3) is 3.68. The molecule has 3 N–H and O–H groups in total. The van der Waals surface area contributed by atoms with Gasteiger partial charge in [0.25, 0.3) is 0 Å². The van der Waals surface area contributed by atoms with Crippen LogP contribution in [0.1, 0.15) is 33.1 Å². The highest BCUT2D eigenvalue weighted by Crippen LogP contribution is 2.18. The zero-order chi connectivity index (χ0) is 13.8. The van der Waals surface area contributed by atoms with E-state index in [4.69, 9.17) is 5.73 Å². The second kappa shape index (κ2) is 6.15. The zero-order valence-corrected chi connectivity index (χ0v) is 11.4. The molecule has 1 atom stereocenters. The Balaban J connectivity index is 2.99. The highest BCUT2D eigenvalue weighted by atomic mass is 32.2. The number of hydrogen-bond donors (Lipinski definition) is 2. The summed E-state index contributed by atoms with van der Waals surface area (Å²) in [5.74, 6) is -0.825. The van der Waals surface area contributed by atoms with Crippen LogP contribution in [0, 0.1) is 5.82 Å².